The number of imidazole rings is 1. The van der Waals surface area contributed by atoms with Crippen LogP contribution in [0.3, 0.4) is 0 Å². The SMILES string of the molecule is COc1ccc(-c2nc[nH]c2Br)cc1C. The molecule has 0 bridgehead atoms. The Morgan fingerprint density at radius 3 is 2.73 bits per heavy atom. The highest BCUT2D eigenvalue weighted by molar-refractivity contribution is 9.10. The maximum absolute atomic E-state index is 5.21. The zero-order valence-corrected chi connectivity index (χ0v) is 10.1. The first kappa shape index (κ1) is 10.2. The molecule has 1 N–H and O–H groups in total. The van der Waals surface area contributed by atoms with Gasteiger partial charge in [-0.3, -0.25) is 0 Å². The lowest BCUT2D eigenvalue weighted by Crippen LogP contribution is -1.88. The number of hydrogen-bond donors (Lipinski definition) is 1. The second kappa shape index (κ2) is 4.06. The fraction of sp³-hybridized carbons (Fsp3) is 0.182. The molecule has 0 amide bonds. The number of aryl methyl sites for hydroxylation is 1. The Morgan fingerprint density at radius 1 is 1.40 bits per heavy atom. The van der Waals surface area contributed by atoms with Crippen LogP contribution in [0, 0.1) is 6.92 Å². The number of halogens is 1. The Hall–Kier alpha value is -1.29. The lowest BCUT2D eigenvalue weighted by Gasteiger charge is -2.05. The van der Waals surface area contributed by atoms with E-state index in [4.69, 9.17) is 4.74 Å². The molecule has 0 saturated carbocycles. The molecule has 4 heteroatoms. The van der Waals surface area contributed by atoms with Gasteiger partial charge in [0.15, 0.2) is 0 Å². The molecule has 0 saturated heterocycles. The Labute approximate surface area is 96.6 Å². The summed E-state index contributed by atoms with van der Waals surface area (Å²) in [5.74, 6) is 0.894. The molecule has 0 aliphatic rings. The third-order valence-electron chi connectivity index (χ3n) is 2.26. The van der Waals surface area contributed by atoms with Gasteiger partial charge in [-0.15, -0.1) is 0 Å². The maximum atomic E-state index is 5.21. The summed E-state index contributed by atoms with van der Waals surface area (Å²) in [5.41, 5.74) is 3.09. The van der Waals surface area contributed by atoms with Gasteiger partial charge in [0.25, 0.3) is 0 Å². The Kier molecular flexibility index (Phi) is 2.77. The first-order chi connectivity index (χ1) is 7.22. The summed E-state index contributed by atoms with van der Waals surface area (Å²) < 4.78 is 6.10. The molecule has 1 aromatic carbocycles. The van der Waals surface area contributed by atoms with Crippen LogP contribution in [0.15, 0.2) is 29.1 Å². The zero-order chi connectivity index (χ0) is 10.8. The molecule has 2 rings (SSSR count). The van der Waals surface area contributed by atoms with Crippen LogP contribution in [0.25, 0.3) is 11.3 Å². The van der Waals surface area contributed by atoms with Crippen LogP contribution in [0.2, 0.25) is 0 Å². The van der Waals surface area contributed by atoms with Gasteiger partial charge in [0.2, 0.25) is 0 Å². The van der Waals surface area contributed by atoms with Crippen LogP contribution in [0.5, 0.6) is 5.75 Å². The van der Waals surface area contributed by atoms with Gasteiger partial charge in [0.1, 0.15) is 16.0 Å². The number of methoxy groups -OCH3 is 1. The van der Waals surface area contributed by atoms with Gasteiger partial charge in [-0.1, -0.05) is 0 Å². The van der Waals surface area contributed by atoms with Crippen LogP contribution < -0.4 is 4.74 Å². The fourth-order valence-electron chi connectivity index (χ4n) is 1.51. The maximum Gasteiger partial charge on any atom is 0.121 e. The van der Waals surface area contributed by atoms with Crippen LogP contribution in [0.1, 0.15) is 5.56 Å². The average Bonchev–Trinajstić information content (AvgIpc) is 2.64. The standard InChI is InChI=1S/C11H11BrN2O/c1-7-5-8(3-4-9(7)15-2)10-11(12)14-6-13-10/h3-6H,1-2H3,(H,13,14). The molecule has 78 valence electrons. The summed E-state index contributed by atoms with van der Waals surface area (Å²) in [4.78, 5) is 7.23. The van der Waals surface area contributed by atoms with Gasteiger partial charge in [-0.05, 0) is 46.6 Å². The molecular weight excluding hydrogens is 256 g/mol. The Bertz CT molecular complexity index is 479. The van der Waals surface area contributed by atoms with Crippen LogP contribution in [-0.4, -0.2) is 17.1 Å². The summed E-state index contributed by atoms with van der Waals surface area (Å²) in [6.07, 6.45) is 1.67. The van der Waals surface area contributed by atoms with E-state index < -0.39 is 0 Å². The number of nitrogens with one attached hydrogen (secondary N) is 1. The number of aromatic nitrogens is 2. The molecule has 0 unspecified atom stereocenters. The molecule has 1 heterocycles. The van der Waals surface area contributed by atoms with Gasteiger partial charge >= 0.3 is 0 Å². The summed E-state index contributed by atoms with van der Waals surface area (Å²) in [6, 6.07) is 6.00. The quantitative estimate of drug-likeness (QED) is 0.907. The normalized spacial score (nSPS) is 10.3. The average molecular weight is 267 g/mol. The van der Waals surface area contributed by atoms with Crippen molar-refractivity contribution in [3.05, 3.63) is 34.7 Å². The molecule has 0 radical (unpaired) electrons. The number of hydrogen-bond acceptors (Lipinski definition) is 2. The van der Waals surface area contributed by atoms with Gasteiger partial charge in [-0.2, -0.15) is 0 Å². The van der Waals surface area contributed by atoms with Crippen molar-refractivity contribution in [2.24, 2.45) is 0 Å². The van der Waals surface area contributed by atoms with Crippen LogP contribution >= 0.6 is 15.9 Å². The smallest absolute Gasteiger partial charge is 0.121 e. The second-order valence-electron chi connectivity index (χ2n) is 3.25. The number of aromatic amines is 1. The number of H-pyrrole nitrogens is 1. The summed E-state index contributed by atoms with van der Waals surface area (Å²) in [5, 5.41) is 0. The van der Waals surface area contributed by atoms with Crippen molar-refractivity contribution in [2.45, 2.75) is 6.92 Å². The Morgan fingerprint density at radius 2 is 2.20 bits per heavy atom. The molecular formula is C11H11BrN2O. The monoisotopic (exact) mass is 266 g/mol. The summed E-state index contributed by atoms with van der Waals surface area (Å²) in [6.45, 7) is 2.02. The van der Waals surface area contributed by atoms with E-state index in [9.17, 15) is 0 Å². The number of rotatable bonds is 2. The van der Waals surface area contributed by atoms with Gasteiger partial charge in [0.05, 0.1) is 13.4 Å². The fourth-order valence-corrected chi connectivity index (χ4v) is 1.94. The predicted octanol–water partition coefficient (Wildman–Crippen LogP) is 3.16. The molecule has 0 spiro atoms. The largest absolute Gasteiger partial charge is 0.496 e. The number of ether oxygens (including phenoxy) is 1. The molecule has 0 fully saturated rings. The van der Waals surface area contributed by atoms with Gasteiger partial charge in [-0.25, -0.2) is 4.98 Å². The zero-order valence-electron chi connectivity index (χ0n) is 8.54. The third kappa shape index (κ3) is 1.90. The molecule has 15 heavy (non-hydrogen) atoms. The van der Waals surface area contributed by atoms with E-state index in [1.165, 1.54) is 0 Å². The third-order valence-corrected chi connectivity index (χ3v) is 2.87. The van der Waals surface area contributed by atoms with Crippen molar-refractivity contribution in [1.82, 2.24) is 9.97 Å². The molecule has 2 aromatic rings. The molecule has 0 aliphatic carbocycles. The van der Waals surface area contributed by atoms with Crippen LogP contribution in [0.4, 0.5) is 0 Å². The first-order valence-corrected chi connectivity index (χ1v) is 5.35. The van der Waals surface area contributed by atoms with Crippen molar-refractivity contribution in [3.63, 3.8) is 0 Å². The Balaban J connectivity index is 2.47. The molecule has 3 nitrogen and oxygen atoms in total. The van der Waals surface area contributed by atoms with E-state index >= 15 is 0 Å². The minimum absolute atomic E-state index is 0.894. The van der Waals surface area contributed by atoms with Crippen molar-refractivity contribution in [3.8, 4) is 17.0 Å². The van der Waals surface area contributed by atoms with E-state index in [0.717, 1.165) is 27.2 Å². The van der Waals surface area contributed by atoms with E-state index in [-0.39, 0.29) is 0 Å². The van der Waals surface area contributed by atoms with E-state index in [0.29, 0.717) is 0 Å². The van der Waals surface area contributed by atoms with Crippen molar-refractivity contribution in [1.29, 1.82) is 0 Å². The van der Waals surface area contributed by atoms with Crippen molar-refractivity contribution in [2.75, 3.05) is 7.11 Å². The van der Waals surface area contributed by atoms with E-state index in [2.05, 4.69) is 32.0 Å². The van der Waals surface area contributed by atoms with E-state index in [1.54, 1.807) is 13.4 Å². The summed E-state index contributed by atoms with van der Waals surface area (Å²) >= 11 is 3.41. The topological polar surface area (TPSA) is 37.9 Å². The van der Waals surface area contributed by atoms with E-state index in [1.807, 2.05) is 19.1 Å². The van der Waals surface area contributed by atoms with Gasteiger partial charge in [0, 0.05) is 5.56 Å². The van der Waals surface area contributed by atoms with Crippen molar-refractivity contribution >= 4 is 15.9 Å². The van der Waals surface area contributed by atoms with Gasteiger partial charge < -0.3 is 9.72 Å². The second-order valence-corrected chi connectivity index (χ2v) is 4.04. The van der Waals surface area contributed by atoms with Crippen molar-refractivity contribution < 1.29 is 4.74 Å². The lowest BCUT2D eigenvalue weighted by molar-refractivity contribution is 0.412. The highest BCUT2D eigenvalue weighted by atomic mass is 79.9. The highest BCUT2D eigenvalue weighted by Gasteiger charge is 2.07. The molecule has 0 atom stereocenters. The first-order valence-electron chi connectivity index (χ1n) is 4.56. The number of nitrogens with zero attached hydrogens (tertiary/aromatic N) is 1. The molecule has 0 aliphatic heterocycles. The predicted molar refractivity (Wildman–Crippen MR) is 63.0 cm³/mol. The van der Waals surface area contributed by atoms with Crippen LogP contribution in [-0.2, 0) is 0 Å². The minimum atomic E-state index is 0.894. The highest BCUT2D eigenvalue weighted by Crippen LogP contribution is 2.28. The minimum Gasteiger partial charge on any atom is -0.496 e. The lowest BCUT2D eigenvalue weighted by atomic mass is 10.1. The summed E-state index contributed by atoms with van der Waals surface area (Å²) in [7, 11) is 1.67. The number of benzene rings is 1. The molecule has 1 aromatic heterocycles.